The summed E-state index contributed by atoms with van der Waals surface area (Å²) in [6.07, 6.45) is 0. The van der Waals surface area contributed by atoms with Gasteiger partial charge in [-0.1, -0.05) is 18.2 Å². The van der Waals surface area contributed by atoms with E-state index in [4.69, 9.17) is 14.2 Å². The number of aromatic amines is 1. The molecule has 3 rings (SSSR count). The summed E-state index contributed by atoms with van der Waals surface area (Å²) in [4.78, 5) is 19.6. The molecule has 1 heterocycles. The number of allylic oxidation sites excluding steroid dienone is 1. The number of aliphatic hydroxyl groups excluding tert-OH is 1. The molecule has 2 aromatic carbocycles. The number of nitrogens with zero attached hydrogens (tertiary/aromatic N) is 2. The molecule has 142 valence electrons. The number of ether oxygens (including phenoxy) is 3. The molecule has 0 unspecified atom stereocenters. The highest BCUT2D eigenvalue weighted by molar-refractivity contribution is 5.93. The third-order valence-corrected chi connectivity index (χ3v) is 3.99. The van der Waals surface area contributed by atoms with E-state index < -0.39 is 18.3 Å². The van der Waals surface area contributed by atoms with Gasteiger partial charge in [-0.05, 0) is 24.3 Å². The van der Waals surface area contributed by atoms with Crippen molar-refractivity contribution < 1.29 is 24.1 Å². The van der Waals surface area contributed by atoms with Crippen molar-refractivity contribution in [1.29, 1.82) is 5.26 Å². The summed E-state index contributed by atoms with van der Waals surface area (Å²) >= 11 is 0. The molecule has 0 aliphatic carbocycles. The van der Waals surface area contributed by atoms with Crippen molar-refractivity contribution in [2.75, 3.05) is 20.8 Å². The van der Waals surface area contributed by atoms with Crippen molar-refractivity contribution in [3.8, 4) is 17.6 Å². The number of carbonyl (C=O) groups is 1. The van der Waals surface area contributed by atoms with Crippen LogP contribution in [0.4, 0.5) is 0 Å². The fraction of sp³-hybridized carbons (Fsp3) is 0.150. The van der Waals surface area contributed by atoms with Gasteiger partial charge < -0.3 is 24.3 Å². The molecule has 3 aromatic rings. The number of para-hydroxylation sites is 3. The minimum atomic E-state index is -0.732. The molecular formula is C20H17N3O5. The first-order valence-electron chi connectivity index (χ1n) is 8.24. The smallest absolute Gasteiger partial charge is 0.342 e. The number of methoxy groups -OCH3 is 2. The van der Waals surface area contributed by atoms with E-state index >= 15 is 0 Å². The lowest BCUT2D eigenvalue weighted by molar-refractivity contribution is 0.0498. The molecule has 8 heteroatoms. The lowest BCUT2D eigenvalue weighted by atomic mass is 10.2. The lowest BCUT2D eigenvalue weighted by Crippen LogP contribution is -2.11. The number of aliphatic hydroxyl groups is 1. The van der Waals surface area contributed by atoms with Crippen molar-refractivity contribution in [2.24, 2.45) is 0 Å². The molecule has 0 aliphatic rings. The number of carbonyl (C=O) groups excluding carboxylic acids is 1. The predicted molar refractivity (Wildman–Crippen MR) is 101 cm³/mol. The minimum Gasteiger partial charge on any atom is -0.507 e. The second-order valence-electron chi connectivity index (χ2n) is 5.65. The van der Waals surface area contributed by atoms with Crippen molar-refractivity contribution in [2.45, 2.75) is 0 Å². The quantitative estimate of drug-likeness (QED) is 0.383. The molecule has 8 nitrogen and oxygen atoms in total. The molecule has 0 aliphatic heterocycles. The maximum atomic E-state index is 12.4. The Hall–Kier alpha value is -3.99. The first kappa shape index (κ1) is 18.8. The Kier molecular flexibility index (Phi) is 5.46. The van der Waals surface area contributed by atoms with E-state index in [1.165, 1.54) is 20.3 Å². The van der Waals surface area contributed by atoms with Gasteiger partial charge in [-0.25, -0.2) is 9.78 Å². The largest absolute Gasteiger partial charge is 0.507 e. The van der Waals surface area contributed by atoms with Crippen LogP contribution in [-0.2, 0) is 4.74 Å². The fourth-order valence-electron chi connectivity index (χ4n) is 2.66. The first-order chi connectivity index (χ1) is 13.6. The minimum absolute atomic E-state index is 0.110. The second-order valence-corrected chi connectivity index (χ2v) is 5.65. The van der Waals surface area contributed by atoms with Crippen molar-refractivity contribution in [3.05, 3.63) is 59.6 Å². The van der Waals surface area contributed by atoms with Gasteiger partial charge in [0.2, 0.25) is 0 Å². The Labute approximate surface area is 160 Å². The molecule has 0 fully saturated rings. The van der Waals surface area contributed by atoms with E-state index in [1.54, 1.807) is 24.3 Å². The Morgan fingerprint density at radius 3 is 2.64 bits per heavy atom. The van der Waals surface area contributed by atoms with Gasteiger partial charge in [0.05, 0.1) is 25.3 Å². The van der Waals surface area contributed by atoms with Gasteiger partial charge in [0.15, 0.2) is 23.1 Å². The molecule has 0 amide bonds. The molecule has 0 saturated heterocycles. The number of nitriles is 1. The van der Waals surface area contributed by atoms with Crippen LogP contribution in [0, 0.1) is 11.3 Å². The molecule has 28 heavy (non-hydrogen) atoms. The second kappa shape index (κ2) is 8.14. The van der Waals surface area contributed by atoms with Crippen LogP contribution in [0.25, 0.3) is 16.6 Å². The van der Waals surface area contributed by atoms with E-state index in [-0.39, 0.29) is 22.7 Å². The van der Waals surface area contributed by atoms with Gasteiger partial charge >= 0.3 is 5.97 Å². The average Bonchev–Trinajstić information content (AvgIpc) is 3.15. The highest BCUT2D eigenvalue weighted by Gasteiger charge is 2.20. The molecular weight excluding hydrogens is 362 g/mol. The number of imidazole rings is 1. The van der Waals surface area contributed by atoms with Crippen LogP contribution in [-0.4, -0.2) is 41.9 Å². The molecule has 2 N–H and O–H groups in total. The summed E-state index contributed by atoms with van der Waals surface area (Å²) in [5, 5.41) is 19.7. The zero-order chi connectivity index (χ0) is 20.1. The van der Waals surface area contributed by atoms with E-state index in [1.807, 2.05) is 18.2 Å². The Balaban J connectivity index is 1.82. The maximum Gasteiger partial charge on any atom is 0.342 e. The van der Waals surface area contributed by atoms with Crippen LogP contribution in [0.3, 0.4) is 0 Å². The Morgan fingerprint density at radius 1 is 1.18 bits per heavy atom. The van der Waals surface area contributed by atoms with Gasteiger partial charge in [0, 0.05) is 0 Å². The number of hydrogen-bond donors (Lipinski definition) is 2. The van der Waals surface area contributed by atoms with Crippen LogP contribution >= 0.6 is 0 Å². The summed E-state index contributed by atoms with van der Waals surface area (Å²) in [5.74, 6) is -0.370. The van der Waals surface area contributed by atoms with Gasteiger partial charge in [-0.15, -0.1) is 0 Å². The summed E-state index contributed by atoms with van der Waals surface area (Å²) in [7, 11) is 2.86. The molecule has 1 aromatic heterocycles. The molecule has 0 saturated carbocycles. The monoisotopic (exact) mass is 379 g/mol. The molecule has 0 bridgehead atoms. The Bertz CT molecular complexity index is 1060. The molecule has 0 radical (unpaired) electrons. The number of benzene rings is 2. The topological polar surface area (TPSA) is 117 Å². The van der Waals surface area contributed by atoms with Crippen LogP contribution in [0.15, 0.2) is 48.2 Å². The molecule has 0 atom stereocenters. The summed E-state index contributed by atoms with van der Waals surface area (Å²) < 4.78 is 15.5. The predicted octanol–water partition coefficient (Wildman–Crippen LogP) is 3.23. The van der Waals surface area contributed by atoms with E-state index in [0.717, 1.165) is 5.52 Å². The number of H-pyrrole nitrogens is 1. The summed E-state index contributed by atoms with van der Waals surface area (Å²) in [6.45, 7) is -0.501. The number of rotatable bonds is 6. The average molecular weight is 379 g/mol. The van der Waals surface area contributed by atoms with Crippen LogP contribution in [0.1, 0.15) is 16.2 Å². The van der Waals surface area contributed by atoms with Crippen molar-refractivity contribution >= 4 is 22.6 Å². The SMILES string of the molecule is COc1cccc(C(=O)OC/C(O)=C(\C#N)c2nc3ccccc3[nH]2)c1OC. The maximum absolute atomic E-state index is 12.4. The number of hydrogen-bond acceptors (Lipinski definition) is 7. The van der Waals surface area contributed by atoms with Crippen LogP contribution in [0.5, 0.6) is 11.5 Å². The third-order valence-electron chi connectivity index (χ3n) is 3.99. The molecule has 0 spiro atoms. The van der Waals surface area contributed by atoms with E-state index in [0.29, 0.717) is 11.3 Å². The zero-order valence-corrected chi connectivity index (χ0v) is 15.2. The van der Waals surface area contributed by atoms with Crippen molar-refractivity contribution in [1.82, 2.24) is 9.97 Å². The normalized spacial score (nSPS) is 11.5. The Morgan fingerprint density at radius 2 is 1.96 bits per heavy atom. The third kappa shape index (κ3) is 3.59. The number of fused-ring (bicyclic) bond motifs is 1. The van der Waals surface area contributed by atoms with Crippen LogP contribution in [0.2, 0.25) is 0 Å². The first-order valence-corrected chi connectivity index (χ1v) is 8.24. The number of nitrogens with one attached hydrogen (secondary N) is 1. The van der Waals surface area contributed by atoms with Gasteiger partial charge in [0.1, 0.15) is 23.8 Å². The van der Waals surface area contributed by atoms with Crippen LogP contribution < -0.4 is 9.47 Å². The fourth-order valence-corrected chi connectivity index (χ4v) is 2.66. The standard InChI is InChI=1S/C20H17N3O5/c1-26-17-9-5-6-12(18(17)27-2)20(25)28-11-16(24)13(10-21)19-22-14-7-3-4-8-15(14)23-19/h3-9,24H,11H2,1-2H3,(H,22,23)/b16-13-. The number of esters is 1. The van der Waals surface area contributed by atoms with Gasteiger partial charge in [-0.3, -0.25) is 0 Å². The highest BCUT2D eigenvalue weighted by Crippen LogP contribution is 2.31. The summed E-state index contributed by atoms with van der Waals surface area (Å²) in [6, 6.07) is 13.9. The summed E-state index contributed by atoms with van der Waals surface area (Å²) in [5.41, 5.74) is 1.39. The van der Waals surface area contributed by atoms with E-state index in [9.17, 15) is 15.2 Å². The van der Waals surface area contributed by atoms with Gasteiger partial charge in [-0.2, -0.15) is 5.26 Å². The zero-order valence-electron chi connectivity index (χ0n) is 15.2. The lowest BCUT2D eigenvalue weighted by Gasteiger charge is -2.12. The highest BCUT2D eigenvalue weighted by atomic mass is 16.5. The van der Waals surface area contributed by atoms with Gasteiger partial charge in [0.25, 0.3) is 0 Å². The number of aromatic nitrogens is 2. The van der Waals surface area contributed by atoms with Crippen molar-refractivity contribution in [3.63, 3.8) is 0 Å². The van der Waals surface area contributed by atoms with E-state index in [2.05, 4.69) is 9.97 Å².